The number of hydrogen-bond donors (Lipinski definition) is 1. The van der Waals surface area contributed by atoms with Crippen LogP contribution in [0.3, 0.4) is 0 Å². The van der Waals surface area contributed by atoms with E-state index in [1.54, 1.807) is 18.2 Å². The Morgan fingerprint density at radius 2 is 2.19 bits per heavy atom. The second kappa shape index (κ2) is 5.05. The van der Waals surface area contributed by atoms with Crippen LogP contribution in [0, 0.1) is 17.2 Å². The maximum absolute atomic E-state index is 9.11. The van der Waals surface area contributed by atoms with Crippen LogP contribution in [-0.4, -0.2) is 6.54 Å². The van der Waals surface area contributed by atoms with Crippen LogP contribution in [0.15, 0.2) is 18.2 Å². The summed E-state index contributed by atoms with van der Waals surface area (Å²) in [5.41, 5.74) is 0.761. The molecular weight excluding hydrogens is 243 g/mol. The summed E-state index contributed by atoms with van der Waals surface area (Å²) in [6, 6.07) is 7.04. The van der Waals surface area contributed by atoms with E-state index in [2.05, 4.69) is 11.4 Å². The van der Waals surface area contributed by atoms with Gasteiger partial charge in [0.05, 0.1) is 6.07 Å². The van der Waals surface area contributed by atoms with Gasteiger partial charge in [0.1, 0.15) is 6.04 Å². The Kier molecular flexibility index (Phi) is 3.70. The van der Waals surface area contributed by atoms with Crippen LogP contribution in [-0.2, 0) is 0 Å². The molecule has 1 saturated carbocycles. The van der Waals surface area contributed by atoms with E-state index in [-0.39, 0.29) is 6.04 Å². The molecule has 0 amide bonds. The molecule has 1 N–H and O–H groups in total. The van der Waals surface area contributed by atoms with Crippen LogP contribution in [0.25, 0.3) is 0 Å². The summed E-state index contributed by atoms with van der Waals surface area (Å²) in [7, 11) is 0. The van der Waals surface area contributed by atoms with Gasteiger partial charge in [-0.2, -0.15) is 5.26 Å². The molecule has 1 aliphatic carbocycles. The van der Waals surface area contributed by atoms with Gasteiger partial charge in [0, 0.05) is 15.6 Å². The van der Waals surface area contributed by atoms with Crippen LogP contribution in [0.4, 0.5) is 0 Å². The van der Waals surface area contributed by atoms with Gasteiger partial charge in [0.2, 0.25) is 0 Å². The first kappa shape index (κ1) is 11.7. The van der Waals surface area contributed by atoms with Gasteiger partial charge in [0.25, 0.3) is 0 Å². The van der Waals surface area contributed by atoms with Crippen molar-refractivity contribution in [2.45, 2.75) is 18.9 Å². The number of hydrogen-bond acceptors (Lipinski definition) is 2. The highest BCUT2D eigenvalue weighted by molar-refractivity contribution is 6.33. The van der Waals surface area contributed by atoms with E-state index >= 15 is 0 Å². The van der Waals surface area contributed by atoms with Crippen molar-refractivity contribution in [2.24, 2.45) is 5.92 Å². The topological polar surface area (TPSA) is 35.8 Å². The van der Waals surface area contributed by atoms with Crippen molar-refractivity contribution < 1.29 is 0 Å². The number of nitrogens with one attached hydrogen (secondary N) is 1. The van der Waals surface area contributed by atoms with Gasteiger partial charge in [-0.25, -0.2) is 0 Å². The smallest absolute Gasteiger partial charge is 0.122 e. The molecule has 0 heterocycles. The van der Waals surface area contributed by atoms with Gasteiger partial charge in [-0.05, 0) is 43.5 Å². The average molecular weight is 255 g/mol. The third kappa shape index (κ3) is 2.89. The normalized spacial score (nSPS) is 16.8. The zero-order valence-corrected chi connectivity index (χ0v) is 10.2. The fraction of sp³-hybridized carbons (Fsp3) is 0.417. The molecule has 0 saturated heterocycles. The summed E-state index contributed by atoms with van der Waals surface area (Å²) in [4.78, 5) is 0. The first-order valence-electron chi connectivity index (χ1n) is 5.28. The van der Waals surface area contributed by atoms with Crippen LogP contribution < -0.4 is 5.32 Å². The van der Waals surface area contributed by atoms with E-state index in [1.807, 2.05) is 0 Å². The molecule has 1 fully saturated rings. The average Bonchev–Trinajstić information content (AvgIpc) is 3.07. The number of benzene rings is 1. The zero-order chi connectivity index (χ0) is 11.5. The van der Waals surface area contributed by atoms with E-state index in [1.165, 1.54) is 12.8 Å². The first-order valence-corrected chi connectivity index (χ1v) is 6.04. The summed E-state index contributed by atoms with van der Waals surface area (Å²) >= 11 is 11.9. The molecule has 1 aromatic carbocycles. The van der Waals surface area contributed by atoms with Crippen LogP contribution in [0.1, 0.15) is 24.4 Å². The maximum atomic E-state index is 9.11. The lowest BCUT2D eigenvalue weighted by molar-refractivity contribution is 0.593. The number of rotatable bonds is 4. The first-order chi connectivity index (χ1) is 7.70. The number of nitrogens with zero attached hydrogens (tertiary/aromatic N) is 1. The molecule has 1 unspecified atom stereocenters. The highest BCUT2D eigenvalue weighted by atomic mass is 35.5. The fourth-order valence-electron chi connectivity index (χ4n) is 1.57. The van der Waals surface area contributed by atoms with Crippen LogP contribution >= 0.6 is 23.2 Å². The molecular formula is C12H12Cl2N2. The third-order valence-electron chi connectivity index (χ3n) is 2.71. The lowest BCUT2D eigenvalue weighted by atomic mass is 10.1. The Morgan fingerprint density at radius 1 is 1.44 bits per heavy atom. The molecule has 0 aromatic heterocycles. The van der Waals surface area contributed by atoms with Crippen molar-refractivity contribution in [2.75, 3.05) is 6.54 Å². The molecule has 0 aliphatic heterocycles. The lowest BCUT2D eigenvalue weighted by Gasteiger charge is -2.13. The van der Waals surface area contributed by atoms with E-state index in [9.17, 15) is 0 Å². The Hall–Kier alpha value is -0.750. The molecule has 0 radical (unpaired) electrons. The summed E-state index contributed by atoms with van der Waals surface area (Å²) < 4.78 is 0. The van der Waals surface area contributed by atoms with Crippen molar-refractivity contribution in [3.8, 4) is 6.07 Å². The van der Waals surface area contributed by atoms with Gasteiger partial charge in [0.15, 0.2) is 0 Å². The molecule has 0 spiro atoms. The zero-order valence-electron chi connectivity index (χ0n) is 8.71. The summed E-state index contributed by atoms with van der Waals surface area (Å²) in [5, 5.41) is 13.5. The van der Waals surface area contributed by atoms with Gasteiger partial charge in [-0.3, -0.25) is 5.32 Å². The maximum Gasteiger partial charge on any atom is 0.122 e. The highest BCUT2D eigenvalue weighted by Crippen LogP contribution is 2.30. The highest BCUT2D eigenvalue weighted by Gasteiger charge is 2.23. The monoisotopic (exact) mass is 254 g/mol. The van der Waals surface area contributed by atoms with E-state index in [4.69, 9.17) is 28.5 Å². The van der Waals surface area contributed by atoms with Crippen molar-refractivity contribution >= 4 is 23.2 Å². The summed E-state index contributed by atoms with van der Waals surface area (Å²) in [6.45, 7) is 0.876. The molecule has 1 aromatic rings. The predicted octanol–water partition coefficient (Wildman–Crippen LogP) is 3.56. The number of halogens is 2. The minimum Gasteiger partial charge on any atom is -0.298 e. The largest absolute Gasteiger partial charge is 0.298 e. The number of nitriles is 1. The molecule has 2 nitrogen and oxygen atoms in total. The standard InChI is InChI=1S/C12H12Cl2N2/c13-9-3-4-11(14)10(5-9)12(6-15)16-7-8-1-2-8/h3-5,8,12,16H,1-2,7H2. The van der Waals surface area contributed by atoms with Gasteiger partial charge in [-0.15, -0.1) is 0 Å². The minimum atomic E-state index is -0.369. The second-order valence-electron chi connectivity index (χ2n) is 4.08. The van der Waals surface area contributed by atoms with Gasteiger partial charge in [-0.1, -0.05) is 23.2 Å². The van der Waals surface area contributed by atoms with Crippen molar-refractivity contribution in [1.82, 2.24) is 5.32 Å². The van der Waals surface area contributed by atoms with Crippen molar-refractivity contribution in [1.29, 1.82) is 5.26 Å². The minimum absolute atomic E-state index is 0.369. The van der Waals surface area contributed by atoms with E-state index < -0.39 is 0 Å². The fourth-order valence-corrected chi connectivity index (χ4v) is 1.97. The van der Waals surface area contributed by atoms with E-state index in [0.717, 1.165) is 18.0 Å². The molecule has 84 valence electrons. The lowest BCUT2D eigenvalue weighted by Crippen LogP contribution is -2.22. The third-order valence-corrected chi connectivity index (χ3v) is 3.29. The molecule has 1 atom stereocenters. The second-order valence-corrected chi connectivity index (χ2v) is 4.92. The summed E-state index contributed by atoms with van der Waals surface area (Å²) in [6.07, 6.45) is 2.52. The Morgan fingerprint density at radius 3 is 2.81 bits per heavy atom. The molecule has 16 heavy (non-hydrogen) atoms. The van der Waals surface area contributed by atoms with Gasteiger partial charge >= 0.3 is 0 Å². The Balaban J connectivity index is 2.11. The molecule has 1 aliphatic rings. The Labute approximate surface area is 105 Å². The van der Waals surface area contributed by atoms with Gasteiger partial charge < -0.3 is 0 Å². The molecule has 4 heteroatoms. The predicted molar refractivity (Wildman–Crippen MR) is 65.5 cm³/mol. The van der Waals surface area contributed by atoms with Crippen LogP contribution in [0.5, 0.6) is 0 Å². The van der Waals surface area contributed by atoms with E-state index in [0.29, 0.717) is 10.0 Å². The molecule has 2 rings (SSSR count). The van der Waals surface area contributed by atoms with Crippen molar-refractivity contribution in [3.05, 3.63) is 33.8 Å². The van der Waals surface area contributed by atoms with Crippen molar-refractivity contribution in [3.63, 3.8) is 0 Å². The Bertz CT molecular complexity index is 422. The quantitative estimate of drug-likeness (QED) is 0.892. The SMILES string of the molecule is N#CC(NCC1CC1)c1cc(Cl)ccc1Cl. The molecule has 0 bridgehead atoms. The van der Waals surface area contributed by atoms with Crippen LogP contribution in [0.2, 0.25) is 10.0 Å². The summed E-state index contributed by atoms with van der Waals surface area (Å²) in [5.74, 6) is 0.730.